The van der Waals surface area contributed by atoms with Crippen LogP contribution in [0.15, 0.2) is 29.2 Å². The molecule has 0 aromatic heterocycles. The number of piperazine rings is 1. The highest BCUT2D eigenvalue weighted by atomic mass is 32.2. The summed E-state index contributed by atoms with van der Waals surface area (Å²) < 4.78 is 26.5. The van der Waals surface area contributed by atoms with E-state index in [-0.39, 0.29) is 6.03 Å². The van der Waals surface area contributed by atoms with Crippen LogP contribution >= 0.6 is 0 Å². The first-order chi connectivity index (χ1) is 9.95. The van der Waals surface area contributed by atoms with Crippen molar-refractivity contribution >= 4 is 16.1 Å². The monoisotopic (exact) mass is 311 g/mol. The second-order valence-electron chi connectivity index (χ2n) is 5.04. The molecule has 0 atom stereocenters. The molecule has 1 aromatic rings. The van der Waals surface area contributed by atoms with Gasteiger partial charge in [-0.1, -0.05) is 12.1 Å². The number of nitrogens with zero attached hydrogens (tertiary/aromatic N) is 2. The first-order valence-electron chi connectivity index (χ1n) is 7.04. The molecule has 1 aromatic carbocycles. The molecule has 0 radical (unpaired) electrons. The molecule has 1 aliphatic heterocycles. The molecule has 116 valence electrons. The van der Waals surface area contributed by atoms with E-state index in [0.29, 0.717) is 37.6 Å². The molecule has 1 heterocycles. The number of rotatable bonds is 3. The predicted octanol–water partition coefficient (Wildman–Crippen LogP) is 1.03. The lowest BCUT2D eigenvalue weighted by Crippen LogP contribution is -2.53. The van der Waals surface area contributed by atoms with E-state index >= 15 is 0 Å². The molecule has 0 saturated carbocycles. The topological polar surface area (TPSA) is 69.7 Å². The minimum atomic E-state index is -3.47. The highest BCUT2D eigenvalue weighted by Gasteiger charge is 2.29. The standard InChI is InChI=1S/C14H21N3O3S/c1-3-15-14(18)16-7-9-17(10-8-16)21(19,20)13-6-4-5-12(2)11-13/h4-6,11H,3,7-10H2,1-2H3,(H,15,18). The molecule has 2 rings (SSSR count). The lowest BCUT2D eigenvalue weighted by molar-refractivity contribution is 0.173. The zero-order valence-corrected chi connectivity index (χ0v) is 13.2. The Kier molecular flexibility index (Phi) is 4.84. The van der Waals surface area contributed by atoms with Crippen molar-refractivity contribution in [3.8, 4) is 0 Å². The Labute approximate surface area is 125 Å². The third kappa shape index (κ3) is 3.54. The van der Waals surface area contributed by atoms with Crippen LogP contribution in [0.5, 0.6) is 0 Å². The van der Waals surface area contributed by atoms with E-state index in [1.165, 1.54) is 4.31 Å². The predicted molar refractivity (Wildman–Crippen MR) is 80.6 cm³/mol. The first-order valence-corrected chi connectivity index (χ1v) is 8.48. The van der Waals surface area contributed by atoms with Gasteiger partial charge < -0.3 is 10.2 Å². The van der Waals surface area contributed by atoms with E-state index in [1.54, 1.807) is 23.1 Å². The molecular weight excluding hydrogens is 290 g/mol. The minimum absolute atomic E-state index is 0.134. The van der Waals surface area contributed by atoms with Gasteiger partial charge in [-0.3, -0.25) is 0 Å². The summed E-state index contributed by atoms with van der Waals surface area (Å²) in [6.07, 6.45) is 0. The normalized spacial score (nSPS) is 16.8. The number of urea groups is 1. The van der Waals surface area contributed by atoms with Crippen molar-refractivity contribution in [3.63, 3.8) is 0 Å². The Morgan fingerprint density at radius 1 is 1.24 bits per heavy atom. The number of amides is 2. The highest BCUT2D eigenvalue weighted by Crippen LogP contribution is 2.18. The molecule has 1 aliphatic rings. The second-order valence-corrected chi connectivity index (χ2v) is 6.98. The molecule has 7 heteroatoms. The van der Waals surface area contributed by atoms with Crippen molar-refractivity contribution in [1.82, 2.24) is 14.5 Å². The Morgan fingerprint density at radius 2 is 1.90 bits per heavy atom. The average molecular weight is 311 g/mol. The molecule has 0 spiro atoms. The van der Waals surface area contributed by atoms with Crippen LogP contribution in [0.1, 0.15) is 12.5 Å². The van der Waals surface area contributed by atoms with Crippen molar-refractivity contribution in [2.75, 3.05) is 32.7 Å². The number of aryl methyl sites for hydroxylation is 1. The SMILES string of the molecule is CCNC(=O)N1CCN(S(=O)(=O)c2cccc(C)c2)CC1. The van der Waals surface area contributed by atoms with Crippen molar-refractivity contribution in [1.29, 1.82) is 0 Å². The summed E-state index contributed by atoms with van der Waals surface area (Å²) in [6.45, 7) is 5.78. The van der Waals surface area contributed by atoms with E-state index < -0.39 is 10.0 Å². The van der Waals surface area contributed by atoms with Gasteiger partial charge in [0, 0.05) is 32.7 Å². The van der Waals surface area contributed by atoms with Gasteiger partial charge in [-0.25, -0.2) is 13.2 Å². The maximum absolute atomic E-state index is 12.5. The van der Waals surface area contributed by atoms with E-state index in [9.17, 15) is 13.2 Å². The summed E-state index contributed by atoms with van der Waals surface area (Å²) in [4.78, 5) is 13.7. The van der Waals surface area contributed by atoms with Crippen LogP contribution in [0.3, 0.4) is 0 Å². The van der Waals surface area contributed by atoms with Gasteiger partial charge in [-0.05, 0) is 31.5 Å². The van der Waals surface area contributed by atoms with Crippen LogP contribution in [0.4, 0.5) is 4.79 Å². The third-order valence-electron chi connectivity index (χ3n) is 3.48. The van der Waals surface area contributed by atoms with Crippen LogP contribution < -0.4 is 5.32 Å². The van der Waals surface area contributed by atoms with Gasteiger partial charge in [0.15, 0.2) is 0 Å². The summed E-state index contributed by atoms with van der Waals surface area (Å²) in [6, 6.07) is 6.76. The molecule has 1 N–H and O–H groups in total. The second kappa shape index (κ2) is 6.44. The Morgan fingerprint density at radius 3 is 2.48 bits per heavy atom. The summed E-state index contributed by atoms with van der Waals surface area (Å²) in [5, 5.41) is 2.73. The van der Waals surface area contributed by atoms with Gasteiger partial charge in [-0.15, -0.1) is 0 Å². The van der Waals surface area contributed by atoms with E-state index in [0.717, 1.165) is 5.56 Å². The molecule has 21 heavy (non-hydrogen) atoms. The van der Waals surface area contributed by atoms with Gasteiger partial charge in [-0.2, -0.15) is 4.31 Å². The smallest absolute Gasteiger partial charge is 0.317 e. The summed E-state index contributed by atoms with van der Waals surface area (Å²) in [7, 11) is -3.47. The summed E-state index contributed by atoms with van der Waals surface area (Å²) >= 11 is 0. The van der Waals surface area contributed by atoms with Gasteiger partial charge >= 0.3 is 6.03 Å². The van der Waals surface area contributed by atoms with Gasteiger partial charge in [0.05, 0.1) is 4.90 Å². The third-order valence-corrected chi connectivity index (χ3v) is 5.38. The van der Waals surface area contributed by atoms with Crippen molar-refractivity contribution < 1.29 is 13.2 Å². The summed E-state index contributed by atoms with van der Waals surface area (Å²) in [5.41, 5.74) is 0.914. The number of benzene rings is 1. The van der Waals surface area contributed by atoms with Crippen LogP contribution in [-0.4, -0.2) is 56.4 Å². The Hall–Kier alpha value is -1.60. The molecule has 0 unspecified atom stereocenters. The van der Waals surface area contributed by atoms with Crippen LogP contribution in [0, 0.1) is 6.92 Å². The quantitative estimate of drug-likeness (QED) is 0.906. The molecule has 0 bridgehead atoms. The number of nitrogens with one attached hydrogen (secondary N) is 1. The maximum Gasteiger partial charge on any atom is 0.317 e. The van der Waals surface area contributed by atoms with E-state index in [4.69, 9.17) is 0 Å². The fourth-order valence-corrected chi connectivity index (χ4v) is 3.85. The average Bonchev–Trinajstić information content (AvgIpc) is 2.47. The van der Waals surface area contributed by atoms with Crippen LogP contribution in [0.25, 0.3) is 0 Å². The van der Waals surface area contributed by atoms with Gasteiger partial charge in [0.2, 0.25) is 10.0 Å². The molecule has 2 amide bonds. The largest absolute Gasteiger partial charge is 0.338 e. The Balaban J connectivity index is 2.06. The Bertz CT molecular complexity index is 608. The van der Waals surface area contributed by atoms with Gasteiger partial charge in [0.25, 0.3) is 0 Å². The molecule has 6 nitrogen and oxygen atoms in total. The van der Waals surface area contributed by atoms with Gasteiger partial charge in [0.1, 0.15) is 0 Å². The molecule has 1 saturated heterocycles. The van der Waals surface area contributed by atoms with Crippen molar-refractivity contribution in [3.05, 3.63) is 29.8 Å². The number of carbonyl (C=O) groups is 1. The lowest BCUT2D eigenvalue weighted by atomic mass is 10.2. The molecule has 1 fully saturated rings. The zero-order valence-electron chi connectivity index (χ0n) is 12.4. The zero-order chi connectivity index (χ0) is 15.5. The van der Waals surface area contributed by atoms with E-state index in [2.05, 4.69) is 5.32 Å². The maximum atomic E-state index is 12.5. The molecular formula is C14H21N3O3S. The first kappa shape index (κ1) is 15.8. The number of carbonyl (C=O) groups excluding carboxylic acids is 1. The van der Waals surface area contributed by atoms with Crippen molar-refractivity contribution in [2.45, 2.75) is 18.7 Å². The van der Waals surface area contributed by atoms with Crippen LogP contribution in [0.2, 0.25) is 0 Å². The fourth-order valence-electron chi connectivity index (χ4n) is 2.32. The number of sulfonamides is 1. The highest BCUT2D eigenvalue weighted by molar-refractivity contribution is 7.89. The summed E-state index contributed by atoms with van der Waals surface area (Å²) in [5.74, 6) is 0. The van der Waals surface area contributed by atoms with Crippen LogP contribution in [-0.2, 0) is 10.0 Å². The minimum Gasteiger partial charge on any atom is -0.338 e. The molecule has 0 aliphatic carbocycles. The number of hydrogen-bond donors (Lipinski definition) is 1. The lowest BCUT2D eigenvalue weighted by Gasteiger charge is -2.33. The number of hydrogen-bond acceptors (Lipinski definition) is 3. The van der Waals surface area contributed by atoms with E-state index in [1.807, 2.05) is 19.9 Å². The van der Waals surface area contributed by atoms with Crippen molar-refractivity contribution in [2.24, 2.45) is 0 Å². The fraction of sp³-hybridized carbons (Fsp3) is 0.500.